The van der Waals surface area contributed by atoms with E-state index in [0.29, 0.717) is 23.7 Å². The zero-order chi connectivity index (χ0) is 18.2. The molecule has 1 aliphatic rings. The highest BCUT2D eigenvalue weighted by Gasteiger charge is 2.24. The minimum Gasteiger partial charge on any atom is -0.280 e. The Hall–Kier alpha value is -1.61. The fourth-order valence-corrected chi connectivity index (χ4v) is 4.87. The van der Waals surface area contributed by atoms with E-state index in [1.54, 1.807) is 24.3 Å². The van der Waals surface area contributed by atoms with E-state index in [-0.39, 0.29) is 11.4 Å². The molecule has 0 saturated heterocycles. The third-order valence-electron chi connectivity index (χ3n) is 4.01. The van der Waals surface area contributed by atoms with Gasteiger partial charge in [-0.3, -0.25) is 4.72 Å². The molecule has 6 nitrogen and oxygen atoms in total. The van der Waals surface area contributed by atoms with Crippen LogP contribution in [0.2, 0.25) is 5.02 Å². The standard InChI is InChI=1S/C16H17ClN2O4S2/c1-24(20,21)19-8-7-12-5-6-15(9-13(12)11-19)18-25(22,23)16-4-2-3-14(17)10-16/h2-6,9-10,18H,7-8,11H2,1H3. The Morgan fingerprint density at radius 3 is 2.48 bits per heavy atom. The molecule has 0 radical (unpaired) electrons. The molecule has 0 bridgehead atoms. The Balaban J connectivity index is 1.88. The number of halogens is 1. The summed E-state index contributed by atoms with van der Waals surface area (Å²) in [6.07, 6.45) is 1.77. The molecule has 2 aromatic carbocycles. The fourth-order valence-electron chi connectivity index (χ4n) is 2.73. The summed E-state index contributed by atoms with van der Waals surface area (Å²) >= 11 is 5.85. The maximum atomic E-state index is 12.5. The van der Waals surface area contributed by atoms with E-state index in [1.165, 1.54) is 22.7 Å². The van der Waals surface area contributed by atoms with Crippen LogP contribution in [0.1, 0.15) is 11.1 Å². The third-order valence-corrected chi connectivity index (χ3v) is 6.87. The van der Waals surface area contributed by atoms with Gasteiger partial charge in [0.25, 0.3) is 10.0 Å². The van der Waals surface area contributed by atoms with E-state index in [9.17, 15) is 16.8 Å². The predicted molar refractivity (Wildman–Crippen MR) is 97.7 cm³/mol. The van der Waals surface area contributed by atoms with Crippen molar-refractivity contribution in [3.8, 4) is 0 Å². The summed E-state index contributed by atoms with van der Waals surface area (Å²) in [6.45, 7) is 0.667. The van der Waals surface area contributed by atoms with Gasteiger partial charge < -0.3 is 0 Å². The number of nitrogens with zero attached hydrogens (tertiary/aromatic N) is 1. The Labute approximate surface area is 152 Å². The largest absolute Gasteiger partial charge is 0.280 e. The van der Waals surface area contributed by atoms with Gasteiger partial charge in [-0.15, -0.1) is 0 Å². The first kappa shape index (κ1) is 18.2. The number of rotatable bonds is 4. The van der Waals surface area contributed by atoms with Crippen molar-refractivity contribution in [1.82, 2.24) is 4.31 Å². The molecule has 0 spiro atoms. The van der Waals surface area contributed by atoms with E-state index in [0.717, 1.165) is 11.1 Å². The number of benzene rings is 2. The van der Waals surface area contributed by atoms with Gasteiger partial charge in [0.2, 0.25) is 10.0 Å². The highest BCUT2D eigenvalue weighted by molar-refractivity contribution is 7.92. The molecular formula is C16H17ClN2O4S2. The highest BCUT2D eigenvalue weighted by Crippen LogP contribution is 2.26. The van der Waals surface area contributed by atoms with Crippen LogP contribution in [0.4, 0.5) is 5.69 Å². The van der Waals surface area contributed by atoms with Gasteiger partial charge in [-0.25, -0.2) is 16.8 Å². The Kier molecular flexibility index (Phi) is 4.80. The minimum atomic E-state index is -3.77. The Bertz CT molecular complexity index is 1020. The van der Waals surface area contributed by atoms with Crippen molar-refractivity contribution in [2.24, 2.45) is 0 Å². The van der Waals surface area contributed by atoms with Crippen molar-refractivity contribution in [1.29, 1.82) is 0 Å². The van der Waals surface area contributed by atoms with E-state index >= 15 is 0 Å². The van der Waals surface area contributed by atoms with Crippen LogP contribution >= 0.6 is 11.6 Å². The van der Waals surface area contributed by atoms with Crippen LogP contribution in [0.25, 0.3) is 0 Å². The number of hydrogen-bond donors (Lipinski definition) is 1. The minimum absolute atomic E-state index is 0.0653. The third kappa shape index (κ3) is 4.14. The van der Waals surface area contributed by atoms with Crippen LogP contribution < -0.4 is 4.72 Å². The van der Waals surface area contributed by atoms with Crippen LogP contribution in [0.5, 0.6) is 0 Å². The molecule has 0 amide bonds. The molecule has 1 heterocycles. The summed E-state index contributed by atoms with van der Waals surface area (Å²) in [6, 6.07) is 11.2. The van der Waals surface area contributed by atoms with Crippen LogP contribution in [-0.4, -0.2) is 33.9 Å². The van der Waals surface area contributed by atoms with Crippen molar-refractivity contribution in [2.75, 3.05) is 17.5 Å². The van der Waals surface area contributed by atoms with Crippen LogP contribution in [0.3, 0.4) is 0 Å². The predicted octanol–water partition coefficient (Wildman–Crippen LogP) is 2.46. The summed E-state index contributed by atoms with van der Waals surface area (Å²) < 4.78 is 52.3. The molecule has 9 heteroatoms. The zero-order valence-corrected chi connectivity index (χ0v) is 15.8. The van der Waals surface area contributed by atoms with Crippen molar-refractivity contribution in [3.63, 3.8) is 0 Å². The first-order valence-corrected chi connectivity index (χ1v) is 11.2. The lowest BCUT2D eigenvalue weighted by atomic mass is 10.0. The number of nitrogens with one attached hydrogen (secondary N) is 1. The lowest BCUT2D eigenvalue weighted by Crippen LogP contribution is -2.35. The van der Waals surface area contributed by atoms with Crippen molar-refractivity contribution in [3.05, 3.63) is 58.6 Å². The number of fused-ring (bicyclic) bond motifs is 1. The molecular weight excluding hydrogens is 384 g/mol. The zero-order valence-electron chi connectivity index (χ0n) is 13.4. The molecule has 0 atom stereocenters. The van der Waals surface area contributed by atoms with E-state index in [1.807, 2.05) is 6.07 Å². The molecule has 134 valence electrons. The molecule has 25 heavy (non-hydrogen) atoms. The fraction of sp³-hybridized carbons (Fsp3) is 0.250. The first-order chi connectivity index (χ1) is 11.6. The molecule has 0 fully saturated rings. The van der Waals surface area contributed by atoms with Gasteiger partial charge in [0.05, 0.1) is 11.2 Å². The lowest BCUT2D eigenvalue weighted by molar-refractivity contribution is 0.395. The van der Waals surface area contributed by atoms with Gasteiger partial charge in [-0.05, 0) is 47.9 Å². The Morgan fingerprint density at radius 1 is 1.04 bits per heavy atom. The molecule has 1 N–H and O–H groups in total. The van der Waals surface area contributed by atoms with Gasteiger partial charge in [0.15, 0.2) is 0 Å². The normalized spacial score (nSPS) is 15.6. The first-order valence-electron chi connectivity index (χ1n) is 7.50. The number of anilines is 1. The number of sulfonamides is 2. The molecule has 0 aromatic heterocycles. The van der Waals surface area contributed by atoms with Gasteiger partial charge in [-0.1, -0.05) is 23.7 Å². The smallest absolute Gasteiger partial charge is 0.261 e. The van der Waals surface area contributed by atoms with Crippen molar-refractivity contribution >= 4 is 37.3 Å². The van der Waals surface area contributed by atoms with Crippen molar-refractivity contribution < 1.29 is 16.8 Å². The summed E-state index contributed by atoms with van der Waals surface area (Å²) in [5, 5.41) is 0.331. The molecule has 0 unspecified atom stereocenters. The van der Waals surface area contributed by atoms with Gasteiger partial charge in [-0.2, -0.15) is 4.31 Å². The van der Waals surface area contributed by atoms with Crippen LogP contribution in [-0.2, 0) is 33.0 Å². The quantitative estimate of drug-likeness (QED) is 0.854. The van der Waals surface area contributed by atoms with E-state index in [2.05, 4.69) is 4.72 Å². The second-order valence-corrected chi connectivity index (χ2v) is 9.99. The average Bonchev–Trinajstić information content (AvgIpc) is 2.53. The van der Waals surface area contributed by atoms with Crippen molar-refractivity contribution in [2.45, 2.75) is 17.9 Å². The lowest BCUT2D eigenvalue weighted by Gasteiger charge is -2.27. The summed E-state index contributed by atoms with van der Waals surface area (Å²) in [4.78, 5) is 0.0653. The second-order valence-electron chi connectivity index (χ2n) is 5.89. The topological polar surface area (TPSA) is 83.6 Å². The van der Waals surface area contributed by atoms with Crippen LogP contribution in [0, 0.1) is 0 Å². The van der Waals surface area contributed by atoms with Gasteiger partial charge in [0.1, 0.15) is 0 Å². The van der Waals surface area contributed by atoms with E-state index in [4.69, 9.17) is 11.6 Å². The summed E-state index contributed by atoms with van der Waals surface area (Å²) in [5.74, 6) is 0. The molecule has 0 saturated carbocycles. The van der Waals surface area contributed by atoms with Gasteiger partial charge in [0, 0.05) is 23.8 Å². The maximum absolute atomic E-state index is 12.5. The van der Waals surface area contributed by atoms with E-state index < -0.39 is 20.0 Å². The highest BCUT2D eigenvalue weighted by atomic mass is 35.5. The summed E-state index contributed by atoms with van der Waals surface area (Å²) in [7, 11) is -7.05. The molecule has 3 rings (SSSR count). The monoisotopic (exact) mass is 400 g/mol. The Morgan fingerprint density at radius 2 is 1.80 bits per heavy atom. The maximum Gasteiger partial charge on any atom is 0.261 e. The summed E-state index contributed by atoms with van der Waals surface area (Å²) in [5.41, 5.74) is 2.20. The second kappa shape index (κ2) is 6.60. The van der Waals surface area contributed by atoms with Crippen LogP contribution in [0.15, 0.2) is 47.4 Å². The number of hydrogen-bond acceptors (Lipinski definition) is 4. The molecule has 1 aliphatic heterocycles. The SMILES string of the molecule is CS(=O)(=O)N1CCc2ccc(NS(=O)(=O)c3cccc(Cl)c3)cc2C1. The van der Waals surface area contributed by atoms with Gasteiger partial charge >= 0.3 is 0 Å². The molecule has 0 aliphatic carbocycles. The average molecular weight is 401 g/mol. The molecule has 2 aromatic rings.